The van der Waals surface area contributed by atoms with Gasteiger partial charge in [0, 0.05) is 34.7 Å². The number of benzene rings is 2. The van der Waals surface area contributed by atoms with Crippen LogP contribution in [0.2, 0.25) is 0 Å². The van der Waals surface area contributed by atoms with Crippen molar-refractivity contribution in [1.82, 2.24) is 4.98 Å². The summed E-state index contributed by atoms with van der Waals surface area (Å²) in [5.74, 6) is 0.309. The van der Waals surface area contributed by atoms with E-state index in [2.05, 4.69) is 21.7 Å². The molecule has 0 bridgehead atoms. The summed E-state index contributed by atoms with van der Waals surface area (Å²) in [6, 6.07) is 15.0. The molecule has 2 aliphatic rings. The number of carbonyl (C=O) groups excluding carboxylic acids is 2. The number of ketones is 1. The predicted octanol–water partition coefficient (Wildman–Crippen LogP) is 4.60. The highest BCUT2D eigenvalue weighted by molar-refractivity contribution is 6.05. The van der Waals surface area contributed by atoms with Crippen molar-refractivity contribution >= 4 is 33.8 Å². The lowest BCUT2D eigenvalue weighted by molar-refractivity contribution is -0.114. The van der Waals surface area contributed by atoms with Crippen molar-refractivity contribution in [3.63, 3.8) is 0 Å². The maximum atomic E-state index is 13.0. The zero-order valence-corrected chi connectivity index (χ0v) is 16.3. The molecule has 5 heteroatoms. The number of hydrogen-bond donors (Lipinski definition) is 2. The number of allylic oxidation sites excluding steroid dienone is 4. The van der Waals surface area contributed by atoms with Crippen LogP contribution in [0, 0.1) is 11.3 Å². The molecule has 2 unspecified atom stereocenters. The van der Waals surface area contributed by atoms with Crippen molar-refractivity contribution in [1.29, 1.82) is 0 Å². The molecule has 1 fully saturated rings. The minimum atomic E-state index is -0.365. The molecule has 30 heavy (non-hydrogen) atoms. The Bertz CT molecular complexity index is 1210. The number of fused-ring (bicyclic) bond motifs is 2. The number of carbonyl (C=O) groups is 2. The van der Waals surface area contributed by atoms with Gasteiger partial charge in [0.25, 0.3) is 0 Å². The van der Waals surface area contributed by atoms with Gasteiger partial charge in [-0.05, 0) is 48.1 Å². The normalized spacial score (nSPS) is 21.1. The fourth-order valence-electron chi connectivity index (χ4n) is 4.09. The lowest BCUT2D eigenvalue weighted by atomic mass is 9.89. The van der Waals surface area contributed by atoms with E-state index in [4.69, 9.17) is 0 Å². The molecule has 0 radical (unpaired) electrons. The molecule has 5 nitrogen and oxygen atoms in total. The van der Waals surface area contributed by atoms with E-state index in [0.29, 0.717) is 11.5 Å². The highest BCUT2D eigenvalue weighted by atomic mass is 16.2. The van der Waals surface area contributed by atoms with Gasteiger partial charge in [0.1, 0.15) is 0 Å². The summed E-state index contributed by atoms with van der Waals surface area (Å²) in [4.78, 5) is 29.5. The van der Waals surface area contributed by atoms with Crippen LogP contribution in [0.4, 0.5) is 11.4 Å². The Kier molecular flexibility index (Phi) is 4.43. The van der Waals surface area contributed by atoms with E-state index in [0.717, 1.165) is 28.6 Å². The van der Waals surface area contributed by atoms with Gasteiger partial charge >= 0.3 is 0 Å². The maximum absolute atomic E-state index is 13.0. The molecule has 0 aliphatic heterocycles. The average molecular weight is 395 g/mol. The van der Waals surface area contributed by atoms with Gasteiger partial charge in [-0.25, -0.2) is 0 Å². The number of nitrogens with one attached hydrogen (secondary N) is 2. The van der Waals surface area contributed by atoms with Crippen molar-refractivity contribution in [3.05, 3.63) is 90.8 Å². The highest BCUT2D eigenvalue weighted by Crippen LogP contribution is 2.58. The zero-order chi connectivity index (χ0) is 20.6. The molecule has 0 saturated heterocycles. The van der Waals surface area contributed by atoms with E-state index in [1.165, 1.54) is 0 Å². The number of Topliss-reactive ketones (excluding diaryl/α,β-unsaturated/α-hetero) is 1. The van der Waals surface area contributed by atoms with Crippen LogP contribution in [-0.2, 0) is 4.79 Å². The first-order valence-electron chi connectivity index (χ1n) is 10.0. The third-order valence-corrected chi connectivity index (χ3v) is 5.83. The van der Waals surface area contributed by atoms with Gasteiger partial charge in [-0.15, -0.1) is 0 Å². The minimum Gasteiger partial charge on any atom is -0.376 e. The number of aromatic nitrogens is 1. The second-order valence-corrected chi connectivity index (χ2v) is 7.84. The first-order chi connectivity index (χ1) is 14.6. The first kappa shape index (κ1) is 18.3. The van der Waals surface area contributed by atoms with E-state index in [1.807, 2.05) is 66.8 Å². The quantitative estimate of drug-likeness (QED) is 0.599. The molecule has 148 valence electrons. The molecule has 2 atom stereocenters. The third kappa shape index (κ3) is 3.39. The number of anilines is 2. The van der Waals surface area contributed by atoms with E-state index >= 15 is 0 Å². The highest BCUT2D eigenvalue weighted by Gasteiger charge is 2.57. The second-order valence-electron chi connectivity index (χ2n) is 7.84. The van der Waals surface area contributed by atoms with Crippen LogP contribution in [-0.4, -0.2) is 23.2 Å². The van der Waals surface area contributed by atoms with Crippen molar-refractivity contribution in [3.8, 4) is 0 Å². The van der Waals surface area contributed by atoms with Gasteiger partial charge < -0.3 is 10.6 Å². The molecule has 0 spiro atoms. The molecular formula is C25H21N3O2. The summed E-state index contributed by atoms with van der Waals surface area (Å²) in [5.41, 5.74) is 1.80. The first-order valence-corrected chi connectivity index (χ1v) is 10.0. The van der Waals surface area contributed by atoms with Gasteiger partial charge in [-0.1, -0.05) is 42.5 Å². The molecule has 2 aromatic carbocycles. The van der Waals surface area contributed by atoms with Crippen molar-refractivity contribution in [2.45, 2.75) is 6.42 Å². The summed E-state index contributed by atoms with van der Waals surface area (Å²) in [6.07, 6.45) is 12.5. The van der Waals surface area contributed by atoms with Gasteiger partial charge in [0.05, 0.1) is 12.0 Å². The Morgan fingerprint density at radius 3 is 2.87 bits per heavy atom. The van der Waals surface area contributed by atoms with Gasteiger partial charge in [-0.3, -0.25) is 14.6 Å². The fraction of sp³-hybridized carbons (Fsp3) is 0.160. The standard InChI is InChI=1S/C25H21N3O2/c29-23(28-22-8-7-19-15-26-11-9-17(19)12-22)16-27-21-6-3-4-18(13-21)24(30)25-10-2-1-5-20(25)14-25/h1-13,15,20,27H,14,16H2,(H,28,29). The maximum Gasteiger partial charge on any atom is 0.243 e. The van der Waals surface area contributed by atoms with E-state index in [9.17, 15) is 9.59 Å². The topological polar surface area (TPSA) is 71.1 Å². The monoisotopic (exact) mass is 395 g/mol. The number of nitrogens with zero attached hydrogens (tertiary/aromatic N) is 1. The van der Waals surface area contributed by atoms with Gasteiger partial charge in [-0.2, -0.15) is 0 Å². The predicted molar refractivity (Wildman–Crippen MR) is 118 cm³/mol. The summed E-state index contributed by atoms with van der Waals surface area (Å²) in [6.45, 7) is 0.114. The van der Waals surface area contributed by atoms with E-state index in [1.54, 1.807) is 12.4 Å². The van der Waals surface area contributed by atoms with Gasteiger partial charge in [0.2, 0.25) is 5.91 Å². The largest absolute Gasteiger partial charge is 0.376 e. The van der Waals surface area contributed by atoms with Crippen LogP contribution >= 0.6 is 0 Å². The van der Waals surface area contributed by atoms with Crippen LogP contribution in [0.5, 0.6) is 0 Å². The molecule has 2 N–H and O–H groups in total. The van der Waals surface area contributed by atoms with E-state index < -0.39 is 0 Å². The Labute approximate surface area is 174 Å². The van der Waals surface area contributed by atoms with Crippen molar-refractivity contribution < 1.29 is 9.59 Å². The molecule has 1 amide bonds. The number of pyridine rings is 1. The van der Waals surface area contributed by atoms with Crippen LogP contribution in [0.1, 0.15) is 16.8 Å². The second kappa shape index (κ2) is 7.26. The van der Waals surface area contributed by atoms with Gasteiger partial charge in [0.15, 0.2) is 5.78 Å². The summed E-state index contributed by atoms with van der Waals surface area (Å²) in [5, 5.41) is 8.06. The summed E-state index contributed by atoms with van der Waals surface area (Å²) in [7, 11) is 0. The average Bonchev–Trinajstić information content (AvgIpc) is 3.53. The molecule has 3 aromatic rings. The SMILES string of the molecule is O=C(CNc1cccc(C(=O)C23C=CC=CC2C3)c1)Nc1ccc2cnccc2c1. The molecule has 5 rings (SSSR count). The zero-order valence-electron chi connectivity index (χ0n) is 16.3. The Morgan fingerprint density at radius 2 is 1.97 bits per heavy atom. The molecular weight excluding hydrogens is 374 g/mol. The number of hydrogen-bond acceptors (Lipinski definition) is 4. The summed E-state index contributed by atoms with van der Waals surface area (Å²) >= 11 is 0. The molecule has 1 aromatic heterocycles. The molecule has 1 saturated carbocycles. The minimum absolute atomic E-state index is 0.114. The van der Waals surface area contributed by atoms with Crippen LogP contribution in [0.3, 0.4) is 0 Å². The Balaban J connectivity index is 1.22. The Morgan fingerprint density at radius 1 is 1.03 bits per heavy atom. The number of amides is 1. The lowest BCUT2D eigenvalue weighted by Gasteiger charge is -2.14. The van der Waals surface area contributed by atoms with Crippen LogP contribution in [0.25, 0.3) is 10.8 Å². The lowest BCUT2D eigenvalue weighted by Crippen LogP contribution is -2.22. The smallest absolute Gasteiger partial charge is 0.243 e. The van der Waals surface area contributed by atoms with Crippen molar-refractivity contribution in [2.24, 2.45) is 11.3 Å². The van der Waals surface area contributed by atoms with Crippen LogP contribution < -0.4 is 10.6 Å². The van der Waals surface area contributed by atoms with Crippen molar-refractivity contribution in [2.75, 3.05) is 17.2 Å². The summed E-state index contributed by atoms with van der Waals surface area (Å²) < 4.78 is 0. The fourth-order valence-corrected chi connectivity index (χ4v) is 4.09. The Hall–Kier alpha value is -3.73. The van der Waals surface area contributed by atoms with Crippen LogP contribution in [0.15, 0.2) is 85.2 Å². The molecule has 1 heterocycles. The van der Waals surface area contributed by atoms with E-state index in [-0.39, 0.29) is 23.7 Å². The number of rotatable bonds is 6. The third-order valence-electron chi connectivity index (χ3n) is 5.83. The molecule has 2 aliphatic carbocycles.